The molecule has 2 nitrogen and oxygen atoms in total. The molecule has 1 atom stereocenters. The number of hydrogen-bond donors (Lipinski definition) is 0. The van der Waals surface area contributed by atoms with Crippen LogP contribution in [0.2, 0.25) is 0 Å². The third kappa shape index (κ3) is 5.62. The van der Waals surface area contributed by atoms with E-state index in [-0.39, 0.29) is 0 Å². The van der Waals surface area contributed by atoms with Crippen molar-refractivity contribution in [3.63, 3.8) is 0 Å². The minimum atomic E-state index is -0.515. The average molecular weight is 891 g/mol. The van der Waals surface area contributed by atoms with Crippen LogP contribution in [0.1, 0.15) is 44.5 Å². The SMILES string of the molecule is c1ccc(N(c2ccccc2)c2ccc3c(c2)-c2ccccc2C32c3ccccc3-c3cc(N(c4ccccc4)c4cccc5c4-c4ccccc4C5(c4ccccc4)c4ccccc4)ccc32)cc1. The first-order valence-electron chi connectivity index (χ1n) is 24.3. The fourth-order valence-electron chi connectivity index (χ4n) is 12.7. The molecule has 70 heavy (non-hydrogen) atoms. The van der Waals surface area contributed by atoms with Crippen molar-refractivity contribution in [1.29, 1.82) is 0 Å². The highest BCUT2D eigenvalue weighted by Crippen LogP contribution is 2.65. The topological polar surface area (TPSA) is 6.48 Å². The standard InChI is InChI=1S/C68H46N2/c1-6-23-47(24-7-1)67(48-25-8-2-9-26-48)61-38-21-18-35-56(61)66-64(67)39-22-40-65(66)70(51-31-14-5-15-32-51)53-42-44-63-58(46-53)55-34-17-20-37-60(55)68(63)59-36-19-16-33-54(59)57-45-52(41-43-62(57)68)69(49-27-10-3-11-28-49)50-29-12-4-13-30-50/h1-46H. The smallest absolute Gasteiger partial charge is 0.0725 e. The third-order valence-electron chi connectivity index (χ3n) is 15.3. The second-order valence-electron chi connectivity index (χ2n) is 18.7. The number of nitrogens with zero attached hydrogens (tertiary/aromatic N) is 2. The summed E-state index contributed by atoms with van der Waals surface area (Å²) in [5, 5.41) is 0. The molecule has 3 aliphatic rings. The van der Waals surface area contributed by atoms with Crippen molar-refractivity contribution in [3.8, 4) is 33.4 Å². The number of para-hydroxylation sites is 3. The molecule has 0 heterocycles. The van der Waals surface area contributed by atoms with Gasteiger partial charge in [-0.3, -0.25) is 0 Å². The van der Waals surface area contributed by atoms with E-state index in [9.17, 15) is 0 Å². The van der Waals surface area contributed by atoms with Crippen LogP contribution in [0.4, 0.5) is 34.1 Å². The number of benzene rings is 11. The van der Waals surface area contributed by atoms with Gasteiger partial charge < -0.3 is 9.80 Å². The van der Waals surface area contributed by atoms with E-state index >= 15 is 0 Å². The van der Waals surface area contributed by atoms with Crippen LogP contribution >= 0.6 is 0 Å². The Hall–Kier alpha value is -8.98. The van der Waals surface area contributed by atoms with Crippen molar-refractivity contribution in [1.82, 2.24) is 0 Å². The van der Waals surface area contributed by atoms with Gasteiger partial charge in [0.2, 0.25) is 0 Å². The zero-order chi connectivity index (χ0) is 46.2. The van der Waals surface area contributed by atoms with Crippen molar-refractivity contribution in [2.45, 2.75) is 10.8 Å². The van der Waals surface area contributed by atoms with Gasteiger partial charge >= 0.3 is 0 Å². The van der Waals surface area contributed by atoms with Gasteiger partial charge in [0.15, 0.2) is 0 Å². The van der Waals surface area contributed by atoms with Gasteiger partial charge in [0.05, 0.1) is 16.5 Å². The summed E-state index contributed by atoms with van der Waals surface area (Å²) in [7, 11) is 0. The summed E-state index contributed by atoms with van der Waals surface area (Å²) in [5.74, 6) is 0. The molecule has 1 unspecified atom stereocenters. The Morgan fingerprint density at radius 2 is 0.571 bits per heavy atom. The zero-order valence-corrected chi connectivity index (χ0v) is 38.5. The number of fused-ring (bicyclic) bond motifs is 13. The van der Waals surface area contributed by atoms with Gasteiger partial charge in [-0.1, -0.05) is 212 Å². The predicted octanol–water partition coefficient (Wildman–Crippen LogP) is 17.3. The predicted molar refractivity (Wildman–Crippen MR) is 289 cm³/mol. The summed E-state index contributed by atoms with van der Waals surface area (Å²) in [5.41, 5.74) is 23.7. The molecule has 0 saturated carbocycles. The molecule has 0 N–H and O–H groups in total. The highest BCUT2D eigenvalue weighted by molar-refractivity contribution is 6.00. The minimum Gasteiger partial charge on any atom is -0.310 e. The van der Waals surface area contributed by atoms with Crippen molar-refractivity contribution >= 4 is 34.1 Å². The van der Waals surface area contributed by atoms with Gasteiger partial charge in [0, 0.05) is 34.0 Å². The summed E-state index contributed by atoms with van der Waals surface area (Å²) >= 11 is 0. The molecule has 1 spiro atoms. The quantitative estimate of drug-likeness (QED) is 0.150. The summed E-state index contributed by atoms with van der Waals surface area (Å²) in [6.07, 6.45) is 0. The molecule has 0 aliphatic heterocycles. The normalized spacial score (nSPS) is 15.0. The van der Waals surface area contributed by atoms with E-state index in [1.165, 1.54) is 77.9 Å². The Labute approximate surface area is 409 Å². The maximum Gasteiger partial charge on any atom is 0.0725 e. The number of hydrogen-bond acceptors (Lipinski definition) is 2. The Balaban J connectivity index is 0.988. The van der Waals surface area contributed by atoms with Gasteiger partial charge in [-0.2, -0.15) is 0 Å². The molecule has 0 bridgehead atoms. The molecular formula is C68H46N2. The lowest BCUT2D eigenvalue weighted by molar-refractivity contribution is 0.768. The molecule has 0 aromatic heterocycles. The largest absolute Gasteiger partial charge is 0.310 e. The fraction of sp³-hybridized carbons (Fsp3) is 0.0294. The third-order valence-corrected chi connectivity index (χ3v) is 15.3. The number of anilines is 6. The average Bonchev–Trinajstić information content (AvgIpc) is 4.03. The van der Waals surface area contributed by atoms with Gasteiger partial charge in [-0.25, -0.2) is 0 Å². The van der Waals surface area contributed by atoms with E-state index in [1.807, 2.05) is 0 Å². The van der Waals surface area contributed by atoms with Crippen LogP contribution < -0.4 is 9.80 Å². The molecule has 0 fully saturated rings. The monoisotopic (exact) mass is 890 g/mol. The van der Waals surface area contributed by atoms with E-state index in [0.717, 1.165) is 34.1 Å². The lowest BCUT2D eigenvalue weighted by Crippen LogP contribution is -2.28. The Bertz CT molecular complexity index is 3690. The van der Waals surface area contributed by atoms with E-state index < -0.39 is 10.8 Å². The summed E-state index contributed by atoms with van der Waals surface area (Å²) in [6.45, 7) is 0. The Morgan fingerprint density at radius 3 is 1.06 bits per heavy atom. The lowest BCUT2D eigenvalue weighted by atomic mass is 9.68. The molecular weight excluding hydrogens is 845 g/mol. The minimum absolute atomic E-state index is 0.505. The van der Waals surface area contributed by atoms with E-state index in [0.29, 0.717) is 0 Å². The molecule has 11 aromatic rings. The summed E-state index contributed by atoms with van der Waals surface area (Å²) in [6, 6.07) is 103. The van der Waals surface area contributed by atoms with Crippen LogP contribution in [0.15, 0.2) is 279 Å². The first kappa shape index (κ1) is 40.1. The van der Waals surface area contributed by atoms with Crippen molar-refractivity contribution in [2.75, 3.05) is 9.80 Å². The second-order valence-corrected chi connectivity index (χ2v) is 18.7. The maximum absolute atomic E-state index is 2.50. The fourth-order valence-corrected chi connectivity index (χ4v) is 12.7. The number of rotatable bonds is 8. The van der Waals surface area contributed by atoms with Crippen molar-refractivity contribution in [3.05, 3.63) is 324 Å². The summed E-state index contributed by atoms with van der Waals surface area (Å²) in [4.78, 5) is 4.87. The molecule has 2 heteroatoms. The van der Waals surface area contributed by atoms with Crippen LogP contribution in [0.3, 0.4) is 0 Å². The van der Waals surface area contributed by atoms with Crippen LogP contribution in [-0.4, -0.2) is 0 Å². The molecule has 14 rings (SSSR count). The highest BCUT2D eigenvalue weighted by atomic mass is 15.1. The van der Waals surface area contributed by atoms with Gasteiger partial charge in [-0.15, -0.1) is 0 Å². The van der Waals surface area contributed by atoms with Gasteiger partial charge in [-0.05, 0) is 139 Å². The zero-order valence-electron chi connectivity index (χ0n) is 38.5. The van der Waals surface area contributed by atoms with E-state index in [1.54, 1.807) is 0 Å². The first-order chi connectivity index (χ1) is 34.8. The second kappa shape index (κ2) is 15.8. The van der Waals surface area contributed by atoms with Crippen molar-refractivity contribution < 1.29 is 0 Å². The Kier molecular flexibility index (Phi) is 9.06. The molecule has 0 amide bonds. The van der Waals surface area contributed by atoms with Crippen LogP contribution in [-0.2, 0) is 10.8 Å². The maximum atomic E-state index is 2.50. The first-order valence-corrected chi connectivity index (χ1v) is 24.3. The highest BCUT2D eigenvalue weighted by Gasteiger charge is 2.52. The van der Waals surface area contributed by atoms with E-state index in [4.69, 9.17) is 0 Å². The molecule has 328 valence electrons. The van der Waals surface area contributed by atoms with Crippen molar-refractivity contribution in [2.24, 2.45) is 0 Å². The van der Waals surface area contributed by atoms with Gasteiger partial charge in [0.25, 0.3) is 0 Å². The molecule has 3 aliphatic carbocycles. The molecule has 0 radical (unpaired) electrons. The Morgan fingerprint density at radius 1 is 0.214 bits per heavy atom. The molecule has 11 aromatic carbocycles. The summed E-state index contributed by atoms with van der Waals surface area (Å²) < 4.78 is 0. The van der Waals surface area contributed by atoms with Crippen LogP contribution in [0, 0.1) is 0 Å². The van der Waals surface area contributed by atoms with Crippen LogP contribution in [0.5, 0.6) is 0 Å². The van der Waals surface area contributed by atoms with Crippen LogP contribution in [0.25, 0.3) is 33.4 Å². The van der Waals surface area contributed by atoms with Gasteiger partial charge in [0.1, 0.15) is 0 Å². The lowest BCUT2D eigenvalue weighted by Gasteiger charge is -2.34. The molecule has 0 saturated heterocycles. The van der Waals surface area contributed by atoms with E-state index in [2.05, 4.69) is 289 Å².